The number of anilines is 3. The van der Waals surface area contributed by atoms with Gasteiger partial charge in [0.05, 0.1) is 13.1 Å². The van der Waals surface area contributed by atoms with Crippen LogP contribution in [0.5, 0.6) is 0 Å². The summed E-state index contributed by atoms with van der Waals surface area (Å²) in [6, 6.07) is 14.9. The molecule has 3 saturated heterocycles. The second-order valence-electron chi connectivity index (χ2n) is 18.3. The number of pyridine rings is 2. The Morgan fingerprint density at radius 2 is 1.01 bits per heavy atom. The lowest BCUT2D eigenvalue weighted by Crippen LogP contribution is -2.54. The summed E-state index contributed by atoms with van der Waals surface area (Å²) in [5.74, 6) is -1.37. The summed E-state index contributed by atoms with van der Waals surface area (Å²) in [5, 5.41) is 16.9. The van der Waals surface area contributed by atoms with Crippen molar-refractivity contribution in [2.24, 2.45) is 0 Å². The summed E-state index contributed by atoms with van der Waals surface area (Å²) in [6.07, 6.45) is 2.27. The summed E-state index contributed by atoms with van der Waals surface area (Å²) in [5.41, 5.74) is 8.30. The fraction of sp³-hybridized carbons (Fsp3) is 0.489. The highest BCUT2D eigenvalue weighted by molar-refractivity contribution is 5.95. The normalized spacial score (nSPS) is 15.0. The average molecular weight is 962 g/mol. The molecule has 0 saturated carbocycles. The molecule has 0 spiro atoms. The first-order chi connectivity index (χ1) is 32.3. The summed E-state index contributed by atoms with van der Waals surface area (Å²) < 4.78 is 10.4. The summed E-state index contributed by atoms with van der Waals surface area (Å²) in [4.78, 5) is 108. The standard InChI is InChI=1S/C17H24N4O4.C12H16N4O2.C11H18N2O5.C7H9N/c1-12-5-6-13(18-9-12)19-14(22)10-20-7-8-21(11-15(20)23)16(24)25-17(2,3)4;1-9-2-3-10(14-6-9)15-11(17)8-16-5-4-13-7-12(16)18;1-11(2,3)18-10(17)13-5-4-12(7-9(15)16)8(14)6-13;1-6-2-4-7(8)5-3-6/h5-6,9H,7-8,10-11H2,1-4H3,(H,18,19,22);2-3,6,13H,4-5,7-8H2,1H3,(H,14,15,17);4-7H2,1-3H3,(H,15,16);2-5H,8H2,1H3. The van der Waals surface area contributed by atoms with Crippen molar-refractivity contribution in [2.45, 2.75) is 73.5 Å². The number of benzene rings is 1. The minimum absolute atomic E-state index is 0.0479. The second kappa shape index (κ2) is 26.3. The average Bonchev–Trinajstić information content (AvgIpc) is 3.25. The van der Waals surface area contributed by atoms with Crippen molar-refractivity contribution in [1.29, 1.82) is 0 Å². The van der Waals surface area contributed by atoms with Crippen LogP contribution in [0.2, 0.25) is 0 Å². The Morgan fingerprint density at radius 1 is 0.609 bits per heavy atom. The van der Waals surface area contributed by atoms with Gasteiger partial charge in [-0.1, -0.05) is 29.8 Å². The number of rotatable bonds is 8. The molecular formula is C47H67N11O11. The minimum atomic E-state index is -1.06. The van der Waals surface area contributed by atoms with Crippen molar-refractivity contribution in [3.05, 3.63) is 77.6 Å². The first-order valence-corrected chi connectivity index (χ1v) is 22.3. The number of nitrogens with zero attached hydrogens (tertiary/aromatic N) is 7. The molecule has 7 amide bonds. The van der Waals surface area contributed by atoms with Crippen LogP contribution in [0.15, 0.2) is 60.9 Å². The zero-order valence-electron chi connectivity index (χ0n) is 41.0. The van der Waals surface area contributed by atoms with Crippen molar-refractivity contribution in [3.8, 4) is 0 Å². The van der Waals surface area contributed by atoms with Gasteiger partial charge in [0, 0.05) is 57.3 Å². The fourth-order valence-electron chi connectivity index (χ4n) is 6.05. The highest BCUT2D eigenvalue weighted by Crippen LogP contribution is 2.14. The molecule has 22 nitrogen and oxygen atoms in total. The molecule has 22 heteroatoms. The van der Waals surface area contributed by atoms with E-state index in [-0.39, 0.29) is 81.9 Å². The van der Waals surface area contributed by atoms with Gasteiger partial charge >= 0.3 is 18.2 Å². The van der Waals surface area contributed by atoms with E-state index >= 15 is 0 Å². The van der Waals surface area contributed by atoms with E-state index in [4.69, 9.17) is 20.3 Å². The van der Waals surface area contributed by atoms with Gasteiger partial charge in [0.15, 0.2) is 0 Å². The molecule has 3 aliphatic rings. The number of ether oxygens (including phenoxy) is 2. The molecule has 3 aliphatic heterocycles. The molecule has 5 heterocycles. The summed E-state index contributed by atoms with van der Waals surface area (Å²) in [6.45, 7) is 18.6. The number of hydrogen-bond acceptors (Lipinski definition) is 14. The van der Waals surface area contributed by atoms with Gasteiger partial charge in [0.2, 0.25) is 29.5 Å². The van der Waals surface area contributed by atoms with Crippen molar-refractivity contribution >= 4 is 65.0 Å². The lowest BCUT2D eigenvalue weighted by atomic mass is 10.2. The van der Waals surface area contributed by atoms with E-state index in [1.807, 2.05) is 57.2 Å². The lowest BCUT2D eigenvalue weighted by molar-refractivity contribution is -0.146. The number of nitrogens with two attached hydrogens (primary N) is 1. The molecule has 0 atom stereocenters. The maximum Gasteiger partial charge on any atom is 0.410 e. The third-order valence-corrected chi connectivity index (χ3v) is 9.56. The number of carbonyl (C=O) groups excluding carboxylic acids is 7. The molecule has 0 bridgehead atoms. The van der Waals surface area contributed by atoms with Gasteiger partial charge in [0.1, 0.15) is 49.0 Å². The van der Waals surface area contributed by atoms with Crippen molar-refractivity contribution in [1.82, 2.24) is 39.8 Å². The number of aliphatic carboxylic acids is 1. The zero-order valence-corrected chi connectivity index (χ0v) is 41.0. The number of amides is 7. The second-order valence-corrected chi connectivity index (χ2v) is 18.3. The molecule has 0 aliphatic carbocycles. The van der Waals surface area contributed by atoms with Gasteiger partial charge in [-0.3, -0.25) is 38.6 Å². The molecule has 3 fully saturated rings. The van der Waals surface area contributed by atoms with Crippen LogP contribution in [0, 0.1) is 20.8 Å². The number of hydrogen-bond donors (Lipinski definition) is 5. The Kier molecular flexibility index (Phi) is 21.3. The van der Waals surface area contributed by atoms with Crippen molar-refractivity contribution in [3.63, 3.8) is 0 Å². The molecule has 0 radical (unpaired) electrons. The number of nitrogen functional groups attached to an aromatic ring is 1. The number of nitrogens with one attached hydrogen (secondary N) is 3. The maximum absolute atomic E-state index is 12.2. The fourth-order valence-corrected chi connectivity index (χ4v) is 6.05. The molecule has 6 N–H and O–H groups in total. The third-order valence-electron chi connectivity index (χ3n) is 9.56. The number of carboxylic acid groups (broad SMARTS) is 1. The largest absolute Gasteiger partial charge is 0.480 e. The number of carbonyl (C=O) groups is 8. The minimum Gasteiger partial charge on any atom is -0.480 e. The van der Waals surface area contributed by atoms with E-state index in [9.17, 15) is 38.4 Å². The molecule has 376 valence electrons. The smallest absolute Gasteiger partial charge is 0.410 e. The summed E-state index contributed by atoms with van der Waals surface area (Å²) >= 11 is 0. The van der Waals surface area contributed by atoms with Crippen LogP contribution in [-0.4, -0.2) is 177 Å². The highest BCUT2D eigenvalue weighted by Gasteiger charge is 2.32. The van der Waals surface area contributed by atoms with E-state index in [0.717, 1.165) is 23.4 Å². The van der Waals surface area contributed by atoms with Gasteiger partial charge in [-0.15, -0.1) is 0 Å². The van der Waals surface area contributed by atoms with E-state index in [1.165, 1.54) is 25.2 Å². The molecular weight excluding hydrogens is 895 g/mol. The Morgan fingerprint density at radius 3 is 1.36 bits per heavy atom. The van der Waals surface area contributed by atoms with E-state index in [0.29, 0.717) is 31.3 Å². The molecule has 0 unspecified atom stereocenters. The van der Waals surface area contributed by atoms with Gasteiger partial charge in [-0.05, 0) is 97.7 Å². The molecule has 1 aromatic carbocycles. The Hall–Kier alpha value is -7.36. The van der Waals surface area contributed by atoms with Gasteiger partial charge < -0.3 is 51.0 Å². The highest BCUT2D eigenvalue weighted by atomic mass is 16.6. The first-order valence-electron chi connectivity index (χ1n) is 22.3. The number of aryl methyl sites for hydroxylation is 3. The number of piperazine rings is 3. The monoisotopic (exact) mass is 962 g/mol. The topological polar surface area (TPSA) is 279 Å². The van der Waals surface area contributed by atoms with Crippen LogP contribution < -0.4 is 21.7 Å². The maximum atomic E-state index is 12.2. The number of aromatic nitrogens is 2. The van der Waals surface area contributed by atoms with Gasteiger partial charge in [0.25, 0.3) is 0 Å². The van der Waals surface area contributed by atoms with Crippen LogP contribution in [0.4, 0.5) is 26.9 Å². The van der Waals surface area contributed by atoms with E-state index < -0.39 is 29.4 Å². The van der Waals surface area contributed by atoms with Crippen LogP contribution in [-0.2, 0) is 38.2 Å². The van der Waals surface area contributed by atoms with E-state index in [1.54, 1.807) is 71.0 Å². The lowest BCUT2D eigenvalue weighted by Gasteiger charge is -2.34. The molecule has 2 aromatic heterocycles. The molecule has 3 aromatic rings. The third kappa shape index (κ3) is 21.9. The quantitative estimate of drug-likeness (QED) is 0.203. The Balaban J connectivity index is 0.000000257. The SMILES string of the molecule is CC(C)(C)OC(=O)N1CCN(CC(=O)O)C(=O)C1.Cc1ccc(N)cc1.Cc1ccc(NC(=O)CN2CCN(C(=O)OC(C)(C)C)CC2=O)nc1.Cc1ccc(NC(=O)CN2CCNCC2=O)nc1. The Labute approximate surface area is 402 Å². The molecule has 69 heavy (non-hydrogen) atoms. The summed E-state index contributed by atoms with van der Waals surface area (Å²) in [7, 11) is 0. The van der Waals surface area contributed by atoms with Crippen LogP contribution in [0.25, 0.3) is 0 Å². The number of carboxylic acids is 1. The predicted molar refractivity (Wildman–Crippen MR) is 257 cm³/mol. The van der Waals surface area contributed by atoms with E-state index in [2.05, 4.69) is 25.9 Å². The van der Waals surface area contributed by atoms with Gasteiger partial charge in [-0.2, -0.15) is 0 Å². The van der Waals surface area contributed by atoms with Crippen molar-refractivity contribution in [2.75, 3.05) is 94.9 Å². The Bertz CT molecular complexity index is 2210. The van der Waals surface area contributed by atoms with Crippen molar-refractivity contribution < 1.29 is 52.9 Å². The predicted octanol–water partition coefficient (Wildman–Crippen LogP) is 2.90. The van der Waals surface area contributed by atoms with Crippen LogP contribution in [0.1, 0.15) is 58.2 Å². The van der Waals surface area contributed by atoms with Gasteiger partial charge in [-0.25, -0.2) is 19.6 Å². The van der Waals surface area contributed by atoms with Crippen LogP contribution >= 0.6 is 0 Å². The first kappa shape index (κ1) is 56.0. The van der Waals surface area contributed by atoms with Crippen LogP contribution in [0.3, 0.4) is 0 Å². The zero-order chi connectivity index (χ0) is 51.5. The molecule has 6 rings (SSSR count).